The molecule has 2 nitrogen and oxygen atoms in total. The molecule has 1 heterocycles. The van der Waals surface area contributed by atoms with E-state index in [0.29, 0.717) is 6.04 Å². The first-order valence-electron chi connectivity index (χ1n) is 5.25. The summed E-state index contributed by atoms with van der Waals surface area (Å²) in [5.74, 6) is 0. The molecule has 0 amide bonds. The van der Waals surface area contributed by atoms with E-state index in [4.69, 9.17) is 5.73 Å². The van der Waals surface area contributed by atoms with E-state index in [0.717, 1.165) is 5.69 Å². The maximum atomic E-state index is 5.75. The molecule has 2 N–H and O–H groups in total. The van der Waals surface area contributed by atoms with E-state index in [1.54, 1.807) is 0 Å². The van der Waals surface area contributed by atoms with Crippen LogP contribution >= 0.6 is 0 Å². The standard InChI is InChI=1S/C12H18N2/c1-9-8-10(13)5-6-11(9)12-4-3-7-14(12)2/h5-6,8,12H,3-4,7,13H2,1-2H3. The molecule has 1 saturated heterocycles. The number of rotatable bonds is 1. The predicted molar refractivity (Wildman–Crippen MR) is 60.2 cm³/mol. The largest absolute Gasteiger partial charge is 0.399 e. The Kier molecular flexibility index (Phi) is 2.46. The van der Waals surface area contributed by atoms with Crippen molar-refractivity contribution in [1.82, 2.24) is 4.90 Å². The number of benzene rings is 1. The van der Waals surface area contributed by atoms with Gasteiger partial charge in [-0.1, -0.05) is 6.07 Å². The van der Waals surface area contributed by atoms with Gasteiger partial charge in [-0.3, -0.25) is 4.90 Å². The van der Waals surface area contributed by atoms with Crippen LogP contribution in [0.4, 0.5) is 5.69 Å². The third-order valence-corrected chi connectivity index (χ3v) is 3.17. The van der Waals surface area contributed by atoms with Crippen LogP contribution in [0, 0.1) is 6.92 Å². The normalized spacial score (nSPS) is 22.9. The van der Waals surface area contributed by atoms with Gasteiger partial charge in [0.1, 0.15) is 0 Å². The van der Waals surface area contributed by atoms with Crippen LogP contribution in [-0.4, -0.2) is 18.5 Å². The van der Waals surface area contributed by atoms with Gasteiger partial charge in [-0.2, -0.15) is 0 Å². The first-order valence-corrected chi connectivity index (χ1v) is 5.25. The molecule has 0 radical (unpaired) electrons. The number of nitrogens with zero attached hydrogens (tertiary/aromatic N) is 1. The van der Waals surface area contributed by atoms with Gasteiger partial charge < -0.3 is 5.73 Å². The van der Waals surface area contributed by atoms with Crippen molar-refractivity contribution < 1.29 is 0 Å². The Morgan fingerprint density at radius 3 is 2.79 bits per heavy atom. The first-order chi connectivity index (χ1) is 6.68. The summed E-state index contributed by atoms with van der Waals surface area (Å²) < 4.78 is 0. The third-order valence-electron chi connectivity index (χ3n) is 3.17. The highest BCUT2D eigenvalue weighted by atomic mass is 15.1. The molecule has 1 aromatic carbocycles. The molecule has 0 saturated carbocycles. The molecular weight excluding hydrogens is 172 g/mol. The van der Waals surface area contributed by atoms with Crippen molar-refractivity contribution >= 4 is 5.69 Å². The Bertz CT molecular complexity index is 333. The van der Waals surface area contributed by atoms with Gasteiger partial charge in [-0.05, 0) is 56.6 Å². The molecule has 76 valence electrons. The maximum absolute atomic E-state index is 5.75. The minimum Gasteiger partial charge on any atom is -0.399 e. The van der Waals surface area contributed by atoms with Gasteiger partial charge in [-0.15, -0.1) is 0 Å². The number of likely N-dealkylation sites (tertiary alicyclic amines) is 1. The smallest absolute Gasteiger partial charge is 0.0348 e. The van der Waals surface area contributed by atoms with E-state index in [1.165, 1.54) is 30.5 Å². The summed E-state index contributed by atoms with van der Waals surface area (Å²) in [6.45, 7) is 3.37. The number of hydrogen-bond donors (Lipinski definition) is 1. The second-order valence-electron chi connectivity index (χ2n) is 4.25. The highest BCUT2D eigenvalue weighted by molar-refractivity contribution is 5.45. The number of aryl methyl sites for hydroxylation is 1. The zero-order valence-corrected chi connectivity index (χ0v) is 8.96. The summed E-state index contributed by atoms with van der Waals surface area (Å²) in [4.78, 5) is 2.43. The molecular formula is C12H18N2. The van der Waals surface area contributed by atoms with Crippen molar-refractivity contribution in [3.05, 3.63) is 29.3 Å². The number of anilines is 1. The monoisotopic (exact) mass is 190 g/mol. The van der Waals surface area contributed by atoms with Crippen molar-refractivity contribution in [2.24, 2.45) is 0 Å². The Hall–Kier alpha value is -1.02. The number of nitrogens with two attached hydrogens (primary N) is 1. The zero-order valence-electron chi connectivity index (χ0n) is 8.96. The van der Waals surface area contributed by atoms with Gasteiger partial charge in [0.15, 0.2) is 0 Å². The van der Waals surface area contributed by atoms with Crippen LogP contribution in [-0.2, 0) is 0 Å². The molecule has 0 aliphatic carbocycles. The summed E-state index contributed by atoms with van der Waals surface area (Å²) in [6, 6.07) is 6.86. The highest BCUT2D eigenvalue weighted by Crippen LogP contribution is 2.32. The minimum absolute atomic E-state index is 0.607. The third kappa shape index (κ3) is 1.62. The van der Waals surface area contributed by atoms with Crippen molar-refractivity contribution in [2.45, 2.75) is 25.8 Å². The second-order valence-corrected chi connectivity index (χ2v) is 4.25. The molecule has 1 fully saturated rings. The fourth-order valence-electron chi connectivity index (χ4n) is 2.38. The lowest BCUT2D eigenvalue weighted by atomic mass is 9.99. The predicted octanol–water partition coefficient (Wildman–Crippen LogP) is 2.34. The first kappa shape index (κ1) is 9.53. The Balaban J connectivity index is 2.31. The highest BCUT2D eigenvalue weighted by Gasteiger charge is 2.23. The van der Waals surface area contributed by atoms with Crippen LogP contribution in [0.5, 0.6) is 0 Å². The molecule has 1 aromatic rings. The lowest BCUT2D eigenvalue weighted by molar-refractivity contribution is 0.316. The molecule has 0 spiro atoms. The molecule has 1 aliphatic rings. The van der Waals surface area contributed by atoms with E-state index < -0.39 is 0 Å². The quantitative estimate of drug-likeness (QED) is 0.689. The van der Waals surface area contributed by atoms with E-state index >= 15 is 0 Å². The molecule has 2 heteroatoms. The Morgan fingerprint density at radius 2 is 2.21 bits per heavy atom. The average Bonchev–Trinajstić information content (AvgIpc) is 2.52. The van der Waals surface area contributed by atoms with Crippen molar-refractivity contribution in [3.8, 4) is 0 Å². The maximum Gasteiger partial charge on any atom is 0.0348 e. The molecule has 1 atom stereocenters. The van der Waals surface area contributed by atoms with Gasteiger partial charge >= 0.3 is 0 Å². The molecule has 14 heavy (non-hydrogen) atoms. The van der Waals surface area contributed by atoms with Crippen molar-refractivity contribution in [3.63, 3.8) is 0 Å². The van der Waals surface area contributed by atoms with Gasteiger partial charge in [-0.25, -0.2) is 0 Å². The second kappa shape index (κ2) is 3.62. The fourth-order valence-corrected chi connectivity index (χ4v) is 2.38. The Morgan fingerprint density at radius 1 is 1.43 bits per heavy atom. The average molecular weight is 190 g/mol. The number of nitrogen functional groups attached to an aromatic ring is 1. The summed E-state index contributed by atoms with van der Waals surface area (Å²) in [5.41, 5.74) is 9.38. The van der Waals surface area contributed by atoms with Crippen LogP contribution in [0.2, 0.25) is 0 Å². The minimum atomic E-state index is 0.607. The van der Waals surface area contributed by atoms with Crippen LogP contribution in [0.1, 0.15) is 30.0 Å². The molecule has 1 unspecified atom stereocenters. The number of hydrogen-bond acceptors (Lipinski definition) is 2. The molecule has 1 aliphatic heterocycles. The summed E-state index contributed by atoms with van der Waals surface area (Å²) in [7, 11) is 2.20. The van der Waals surface area contributed by atoms with Crippen molar-refractivity contribution in [1.29, 1.82) is 0 Å². The van der Waals surface area contributed by atoms with E-state index in [1.807, 2.05) is 6.07 Å². The summed E-state index contributed by atoms with van der Waals surface area (Å²) in [6.07, 6.45) is 2.59. The van der Waals surface area contributed by atoms with Gasteiger partial charge in [0, 0.05) is 11.7 Å². The van der Waals surface area contributed by atoms with Crippen LogP contribution in [0.25, 0.3) is 0 Å². The molecule has 2 rings (SSSR count). The van der Waals surface area contributed by atoms with Crippen LogP contribution in [0.15, 0.2) is 18.2 Å². The lowest BCUT2D eigenvalue weighted by Crippen LogP contribution is -2.18. The molecule has 0 aromatic heterocycles. The van der Waals surface area contributed by atoms with Crippen LogP contribution in [0.3, 0.4) is 0 Å². The summed E-state index contributed by atoms with van der Waals surface area (Å²) in [5, 5.41) is 0. The topological polar surface area (TPSA) is 29.3 Å². The van der Waals surface area contributed by atoms with E-state index in [2.05, 4.69) is 31.0 Å². The zero-order chi connectivity index (χ0) is 10.1. The SMILES string of the molecule is Cc1cc(N)ccc1C1CCCN1C. The van der Waals surface area contributed by atoms with Gasteiger partial charge in [0.25, 0.3) is 0 Å². The van der Waals surface area contributed by atoms with Gasteiger partial charge in [0.05, 0.1) is 0 Å². The lowest BCUT2D eigenvalue weighted by Gasteiger charge is -2.21. The van der Waals surface area contributed by atoms with Crippen LogP contribution < -0.4 is 5.73 Å². The molecule has 0 bridgehead atoms. The van der Waals surface area contributed by atoms with Gasteiger partial charge in [0.2, 0.25) is 0 Å². The van der Waals surface area contributed by atoms with E-state index in [-0.39, 0.29) is 0 Å². The summed E-state index contributed by atoms with van der Waals surface area (Å²) >= 11 is 0. The van der Waals surface area contributed by atoms with E-state index in [9.17, 15) is 0 Å². The fraction of sp³-hybridized carbons (Fsp3) is 0.500. The van der Waals surface area contributed by atoms with Crippen molar-refractivity contribution in [2.75, 3.05) is 19.3 Å². The Labute approximate surface area is 85.7 Å².